The van der Waals surface area contributed by atoms with Gasteiger partial charge in [0, 0.05) is 5.92 Å². The van der Waals surface area contributed by atoms with Gasteiger partial charge < -0.3 is 10.8 Å². The summed E-state index contributed by atoms with van der Waals surface area (Å²) >= 11 is 0. The van der Waals surface area contributed by atoms with Gasteiger partial charge in [0.2, 0.25) is 0 Å². The minimum absolute atomic E-state index is 0.172. The molecule has 0 spiro atoms. The largest absolute Gasteiger partial charge is 0.480 e. The lowest BCUT2D eigenvalue weighted by atomic mass is 9.88. The molecule has 0 aromatic heterocycles. The second kappa shape index (κ2) is 4.94. The van der Waals surface area contributed by atoms with Crippen LogP contribution in [0.5, 0.6) is 0 Å². The van der Waals surface area contributed by atoms with Crippen LogP contribution in [0.15, 0.2) is 11.8 Å². The number of carbonyl (C=O) groups is 1. The Hall–Kier alpha value is -0.613. The minimum Gasteiger partial charge on any atom is -0.480 e. The van der Waals surface area contributed by atoms with Gasteiger partial charge in [-0.1, -0.05) is 52.6 Å². The second-order valence-electron chi connectivity index (χ2n) is 6.71. The molecule has 0 aromatic rings. The van der Waals surface area contributed by atoms with Gasteiger partial charge in [-0.3, -0.25) is 4.79 Å². The standard InChI is InChI=1S/C13H27NO2Si/c1-10(13(5,14)11(15)16)8-9-17(6,7)12(2,3)4/h8-10H,14H2,1-7H3,(H,15,16)/b9-8+/t10-,13-/m0/s1. The van der Waals surface area contributed by atoms with E-state index in [1.54, 1.807) is 6.92 Å². The maximum atomic E-state index is 11.0. The Morgan fingerprint density at radius 1 is 1.29 bits per heavy atom. The van der Waals surface area contributed by atoms with Crippen LogP contribution >= 0.6 is 0 Å². The smallest absolute Gasteiger partial charge is 0.323 e. The molecule has 3 nitrogen and oxygen atoms in total. The highest BCUT2D eigenvalue weighted by atomic mass is 28.3. The summed E-state index contributed by atoms with van der Waals surface area (Å²) < 4.78 is 0. The number of hydrogen-bond donors (Lipinski definition) is 2. The highest BCUT2D eigenvalue weighted by molar-refractivity contribution is 6.84. The molecule has 3 N–H and O–H groups in total. The van der Waals surface area contributed by atoms with Gasteiger partial charge in [-0.25, -0.2) is 0 Å². The van der Waals surface area contributed by atoms with E-state index < -0.39 is 19.6 Å². The monoisotopic (exact) mass is 257 g/mol. The van der Waals surface area contributed by atoms with Crippen molar-refractivity contribution in [2.75, 3.05) is 0 Å². The summed E-state index contributed by atoms with van der Waals surface area (Å²) in [4.78, 5) is 11.0. The van der Waals surface area contributed by atoms with Crippen LogP contribution in [-0.4, -0.2) is 24.7 Å². The fourth-order valence-electron chi connectivity index (χ4n) is 1.03. The van der Waals surface area contributed by atoms with Crippen molar-refractivity contribution in [3.63, 3.8) is 0 Å². The van der Waals surface area contributed by atoms with Crippen molar-refractivity contribution in [3.8, 4) is 0 Å². The van der Waals surface area contributed by atoms with Crippen molar-refractivity contribution in [2.45, 2.75) is 58.3 Å². The van der Waals surface area contributed by atoms with Crippen LogP contribution in [-0.2, 0) is 4.79 Å². The third-order valence-electron chi connectivity index (χ3n) is 4.14. The zero-order valence-corrected chi connectivity index (χ0v) is 13.2. The first kappa shape index (κ1) is 16.4. The van der Waals surface area contributed by atoms with E-state index in [0.717, 1.165) is 0 Å². The van der Waals surface area contributed by atoms with Gasteiger partial charge >= 0.3 is 5.97 Å². The van der Waals surface area contributed by atoms with Crippen LogP contribution in [0.3, 0.4) is 0 Å². The van der Waals surface area contributed by atoms with Crippen LogP contribution in [0.1, 0.15) is 34.6 Å². The third-order valence-corrected chi connectivity index (χ3v) is 9.03. The van der Waals surface area contributed by atoms with Crippen molar-refractivity contribution < 1.29 is 9.90 Å². The highest BCUT2D eigenvalue weighted by Crippen LogP contribution is 2.37. The van der Waals surface area contributed by atoms with E-state index >= 15 is 0 Å². The zero-order valence-electron chi connectivity index (χ0n) is 12.2. The first-order chi connectivity index (χ1) is 7.32. The van der Waals surface area contributed by atoms with Crippen LogP contribution in [0, 0.1) is 5.92 Å². The third kappa shape index (κ3) is 3.96. The molecule has 0 aliphatic heterocycles. The lowest BCUT2D eigenvalue weighted by Gasteiger charge is -2.35. The summed E-state index contributed by atoms with van der Waals surface area (Å²) in [6.07, 6.45) is 1.98. The Morgan fingerprint density at radius 2 is 1.71 bits per heavy atom. The minimum atomic E-state index is -1.51. The molecule has 4 heteroatoms. The Kier molecular flexibility index (Phi) is 4.76. The SMILES string of the molecule is C[C@@H](/C=C/[Si](C)(C)C(C)(C)C)[C@](C)(N)C(=O)O. The van der Waals surface area contributed by atoms with E-state index in [-0.39, 0.29) is 11.0 Å². The highest BCUT2D eigenvalue weighted by Gasteiger charge is 2.36. The van der Waals surface area contributed by atoms with Gasteiger partial charge in [0.15, 0.2) is 0 Å². The number of carboxylic acid groups (broad SMARTS) is 1. The Labute approximate surface area is 106 Å². The van der Waals surface area contributed by atoms with E-state index in [0.29, 0.717) is 0 Å². The van der Waals surface area contributed by atoms with Crippen LogP contribution < -0.4 is 5.73 Å². The van der Waals surface area contributed by atoms with Crippen molar-refractivity contribution in [2.24, 2.45) is 11.7 Å². The first-order valence-electron chi connectivity index (χ1n) is 6.04. The molecule has 0 aliphatic rings. The van der Waals surface area contributed by atoms with E-state index in [4.69, 9.17) is 10.8 Å². The topological polar surface area (TPSA) is 63.3 Å². The van der Waals surface area contributed by atoms with Crippen LogP contribution in [0.25, 0.3) is 0 Å². The summed E-state index contributed by atoms with van der Waals surface area (Å²) in [5.74, 6) is -1.13. The summed E-state index contributed by atoms with van der Waals surface area (Å²) in [5.41, 5.74) is 6.82. The van der Waals surface area contributed by atoms with E-state index in [1.807, 2.05) is 13.0 Å². The molecule has 2 atom stereocenters. The van der Waals surface area contributed by atoms with E-state index in [9.17, 15) is 4.79 Å². The predicted molar refractivity (Wildman–Crippen MR) is 75.7 cm³/mol. The molecule has 0 fully saturated rings. The lowest BCUT2D eigenvalue weighted by molar-refractivity contribution is -0.143. The van der Waals surface area contributed by atoms with Gasteiger partial charge in [-0.05, 0) is 12.0 Å². The molecule has 0 unspecified atom stereocenters. The zero-order chi connectivity index (χ0) is 14.1. The van der Waals surface area contributed by atoms with Gasteiger partial charge in [-0.2, -0.15) is 0 Å². The fraction of sp³-hybridized carbons (Fsp3) is 0.769. The summed E-state index contributed by atoms with van der Waals surface area (Å²) in [6.45, 7) is 14.7. The van der Waals surface area contributed by atoms with Crippen LogP contribution in [0.4, 0.5) is 0 Å². The van der Waals surface area contributed by atoms with Crippen molar-refractivity contribution in [3.05, 3.63) is 11.8 Å². The van der Waals surface area contributed by atoms with Crippen LogP contribution in [0.2, 0.25) is 18.1 Å². The van der Waals surface area contributed by atoms with Crippen molar-refractivity contribution in [1.29, 1.82) is 0 Å². The maximum Gasteiger partial charge on any atom is 0.323 e. The first-order valence-corrected chi connectivity index (χ1v) is 9.12. The molecule has 0 aliphatic carbocycles. The molecular formula is C13H27NO2Si. The number of hydrogen-bond acceptors (Lipinski definition) is 2. The molecule has 0 aromatic carbocycles. The molecular weight excluding hydrogens is 230 g/mol. The van der Waals surface area contributed by atoms with Gasteiger partial charge in [0.1, 0.15) is 5.54 Å². The molecule has 0 heterocycles. The second-order valence-corrected chi connectivity index (χ2v) is 12.0. The lowest BCUT2D eigenvalue weighted by Crippen LogP contribution is -2.50. The molecule has 0 saturated carbocycles. The van der Waals surface area contributed by atoms with Gasteiger partial charge in [0.25, 0.3) is 0 Å². The van der Waals surface area contributed by atoms with Crippen molar-refractivity contribution in [1.82, 2.24) is 0 Å². The fourth-order valence-corrected chi connectivity index (χ4v) is 2.30. The number of carboxylic acids is 1. The van der Waals surface area contributed by atoms with Crippen molar-refractivity contribution >= 4 is 14.0 Å². The molecule has 0 rings (SSSR count). The number of aliphatic carboxylic acids is 1. The Bertz CT molecular complexity index is 314. The quantitative estimate of drug-likeness (QED) is 0.761. The predicted octanol–water partition coefficient (Wildman–Crippen LogP) is 3.03. The average molecular weight is 257 g/mol. The number of nitrogens with two attached hydrogens (primary N) is 1. The summed E-state index contributed by atoms with van der Waals surface area (Å²) in [5, 5.41) is 9.31. The molecule has 0 radical (unpaired) electrons. The summed E-state index contributed by atoms with van der Waals surface area (Å²) in [6, 6.07) is 0. The van der Waals surface area contributed by atoms with Gasteiger partial charge in [-0.15, -0.1) is 0 Å². The maximum absolute atomic E-state index is 11.0. The van der Waals surface area contributed by atoms with Gasteiger partial charge in [0.05, 0.1) is 8.07 Å². The molecule has 100 valence electrons. The number of rotatable bonds is 4. The molecule has 0 saturated heterocycles. The molecule has 0 amide bonds. The molecule has 17 heavy (non-hydrogen) atoms. The van der Waals surface area contributed by atoms with E-state index in [1.165, 1.54) is 0 Å². The normalized spacial score (nSPS) is 19.1. The van der Waals surface area contributed by atoms with E-state index in [2.05, 4.69) is 39.6 Å². The summed E-state index contributed by atoms with van der Waals surface area (Å²) in [7, 11) is -1.51. The Morgan fingerprint density at radius 3 is 2.00 bits per heavy atom. The Balaban J connectivity index is 4.93. The average Bonchev–Trinajstić information content (AvgIpc) is 2.11. The molecule has 0 bridgehead atoms.